The summed E-state index contributed by atoms with van der Waals surface area (Å²) in [5.41, 5.74) is 1.12. The molecule has 0 atom stereocenters. The molecule has 0 saturated carbocycles. The van der Waals surface area contributed by atoms with Crippen LogP contribution in [0.1, 0.15) is 6.92 Å². The third-order valence-electron chi connectivity index (χ3n) is 3.68. The van der Waals surface area contributed by atoms with Gasteiger partial charge in [0.1, 0.15) is 5.82 Å². The van der Waals surface area contributed by atoms with E-state index in [2.05, 4.69) is 27.0 Å². The lowest BCUT2D eigenvalue weighted by Crippen LogP contribution is -2.46. The van der Waals surface area contributed by atoms with Gasteiger partial charge in [-0.1, -0.05) is 18.7 Å². The highest BCUT2D eigenvalue weighted by atomic mass is 32.2. The lowest BCUT2D eigenvalue weighted by atomic mass is 10.2. The molecule has 1 heterocycles. The number of hydrogen-bond donors (Lipinski definition) is 1. The Balaban J connectivity index is 2.12. The fourth-order valence-electron chi connectivity index (χ4n) is 2.42. The molecule has 1 aromatic rings. The number of thioether (sulfide) groups is 1. The van der Waals surface area contributed by atoms with Gasteiger partial charge in [-0.15, -0.1) is 0 Å². The summed E-state index contributed by atoms with van der Waals surface area (Å²) in [7, 11) is 0. The number of nitrogens with one attached hydrogen (secondary N) is 1. The van der Waals surface area contributed by atoms with Crippen molar-refractivity contribution < 1.29 is 4.39 Å². The molecule has 0 radical (unpaired) electrons. The monoisotopic (exact) mass is 321 g/mol. The second kappa shape index (κ2) is 8.01. The molecule has 22 heavy (non-hydrogen) atoms. The van der Waals surface area contributed by atoms with E-state index in [1.807, 2.05) is 6.19 Å². The zero-order chi connectivity index (χ0) is 15.9. The molecule has 118 valence electrons. The Bertz CT molecular complexity index is 576. The van der Waals surface area contributed by atoms with Gasteiger partial charge >= 0.3 is 0 Å². The van der Waals surface area contributed by atoms with Crippen molar-refractivity contribution in [2.45, 2.75) is 6.92 Å². The number of halogens is 1. The number of amidine groups is 1. The van der Waals surface area contributed by atoms with Crippen LogP contribution in [0.15, 0.2) is 23.2 Å². The molecule has 5 nitrogen and oxygen atoms in total. The summed E-state index contributed by atoms with van der Waals surface area (Å²) in [6, 6.07) is 4.96. The van der Waals surface area contributed by atoms with E-state index in [1.165, 1.54) is 17.8 Å². The SMILES string of the molecule is CCN1CCN(c2ccc(N=C(NC#N)SC)cc2F)CC1. The molecular weight excluding hydrogens is 301 g/mol. The molecule has 1 N–H and O–H groups in total. The van der Waals surface area contributed by atoms with Crippen LogP contribution in [-0.2, 0) is 0 Å². The predicted molar refractivity (Wildman–Crippen MR) is 90.1 cm³/mol. The number of hydrogen-bond acceptors (Lipinski definition) is 5. The van der Waals surface area contributed by atoms with Crippen LogP contribution in [0.5, 0.6) is 0 Å². The molecular formula is C15H20FN5S. The topological polar surface area (TPSA) is 54.7 Å². The minimum Gasteiger partial charge on any atom is -0.367 e. The Morgan fingerprint density at radius 3 is 2.68 bits per heavy atom. The van der Waals surface area contributed by atoms with E-state index >= 15 is 0 Å². The van der Waals surface area contributed by atoms with Crippen molar-refractivity contribution in [2.75, 3.05) is 43.9 Å². The highest BCUT2D eigenvalue weighted by Gasteiger charge is 2.18. The Kier molecular flexibility index (Phi) is 6.04. The average molecular weight is 321 g/mol. The van der Waals surface area contributed by atoms with E-state index in [0.29, 0.717) is 16.5 Å². The van der Waals surface area contributed by atoms with Crippen LogP contribution < -0.4 is 10.2 Å². The quantitative estimate of drug-likeness (QED) is 0.401. The van der Waals surface area contributed by atoms with Gasteiger partial charge in [0.15, 0.2) is 11.4 Å². The fourth-order valence-corrected chi connectivity index (χ4v) is 2.76. The first-order chi connectivity index (χ1) is 10.7. The second-order valence-corrected chi connectivity index (χ2v) is 5.71. The summed E-state index contributed by atoms with van der Waals surface area (Å²) in [5.74, 6) is -0.274. The summed E-state index contributed by atoms with van der Waals surface area (Å²) in [6.45, 7) is 6.75. The van der Waals surface area contributed by atoms with Crippen LogP contribution >= 0.6 is 11.8 Å². The molecule has 1 aliphatic heterocycles. The Morgan fingerprint density at radius 2 is 2.14 bits per heavy atom. The number of nitrogens with zero attached hydrogens (tertiary/aromatic N) is 4. The van der Waals surface area contributed by atoms with Crippen molar-refractivity contribution in [2.24, 2.45) is 4.99 Å². The molecule has 0 spiro atoms. The average Bonchev–Trinajstić information content (AvgIpc) is 2.55. The van der Waals surface area contributed by atoms with Gasteiger partial charge < -0.3 is 9.80 Å². The van der Waals surface area contributed by atoms with Crippen LogP contribution in [-0.4, -0.2) is 49.0 Å². The van der Waals surface area contributed by atoms with Crippen molar-refractivity contribution in [3.8, 4) is 6.19 Å². The molecule has 0 aromatic heterocycles. The maximum atomic E-state index is 14.3. The van der Waals surface area contributed by atoms with Crippen molar-refractivity contribution in [1.82, 2.24) is 10.2 Å². The van der Waals surface area contributed by atoms with Crippen molar-refractivity contribution in [1.29, 1.82) is 5.26 Å². The molecule has 2 rings (SSSR count). The van der Waals surface area contributed by atoms with Gasteiger partial charge in [-0.25, -0.2) is 9.38 Å². The van der Waals surface area contributed by atoms with Gasteiger partial charge in [0, 0.05) is 32.2 Å². The lowest BCUT2D eigenvalue weighted by Gasteiger charge is -2.35. The molecule has 1 saturated heterocycles. The van der Waals surface area contributed by atoms with Gasteiger partial charge in [0.05, 0.1) is 11.4 Å². The Hall–Kier alpha value is -1.78. The minimum absolute atomic E-state index is 0.274. The number of benzene rings is 1. The first-order valence-corrected chi connectivity index (χ1v) is 8.45. The van der Waals surface area contributed by atoms with Crippen molar-refractivity contribution >= 4 is 28.3 Å². The standard InChI is InChI=1S/C15H20FN5S/c1-3-20-6-8-21(9-7-20)14-5-4-12(10-13(14)16)19-15(22-2)18-11-17/h4-5,10H,3,6-9H2,1-2H3,(H,18,19). The normalized spacial score (nSPS) is 16.5. The third-order valence-corrected chi connectivity index (χ3v) is 4.26. The summed E-state index contributed by atoms with van der Waals surface area (Å²) in [4.78, 5) is 8.64. The van der Waals surface area contributed by atoms with Crippen LogP contribution in [0.2, 0.25) is 0 Å². The van der Waals surface area contributed by atoms with Crippen LogP contribution in [0.25, 0.3) is 0 Å². The van der Waals surface area contributed by atoms with Crippen LogP contribution in [0.4, 0.5) is 15.8 Å². The number of aliphatic imine (C=N–C) groups is 1. The van der Waals surface area contributed by atoms with E-state index in [1.54, 1.807) is 18.4 Å². The van der Waals surface area contributed by atoms with Crippen LogP contribution in [0.3, 0.4) is 0 Å². The number of anilines is 1. The summed E-state index contributed by atoms with van der Waals surface area (Å²) in [6.07, 6.45) is 3.62. The predicted octanol–water partition coefficient (Wildman–Crippen LogP) is 2.39. The van der Waals surface area contributed by atoms with E-state index in [4.69, 9.17) is 5.26 Å². The molecule has 0 bridgehead atoms. The number of likely N-dealkylation sites (N-methyl/N-ethyl adjacent to an activating group) is 1. The number of rotatable bonds is 3. The molecule has 1 fully saturated rings. The first kappa shape index (κ1) is 16.6. The number of nitriles is 1. The third kappa shape index (κ3) is 4.12. The van der Waals surface area contributed by atoms with Gasteiger partial charge in [-0.3, -0.25) is 5.32 Å². The summed E-state index contributed by atoms with van der Waals surface area (Å²) in [5, 5.41) is 11.5. The van der Waals surface area contributed by atoms with E-state index in [0.717, 1.165) is 32.7 Å². The van der Waals surface area contributed by atoms with Gasteiger partial charge in [-0.2, -0.15) is 5.26 Å². The maximum absolute atomic E-state index is 14.3. The summed E-state index contributed by atoms with van der Waals surface area (Å²) >= 11 is 1.31. The van der Waals surface area contributed by atoms with Gasteiger partial charge in [-0.05, 0) is 24.9 Å². The maximum Gasteiger partial charge on any atom is 0.183 e. The highest BCUT2D eigenvalue weighted by molar-refractivity contribution is 8.13. The number of piperazine rings is 1. The molecule has 7 heteroatoms. The van der Waals surface area contributed by atoms with E-state index < -0.39 is 0 Å². The molecule has 0 amide bonds. The zero-order valence-electron chi connectivity index (χ0n) is 12.8. The largest absolute Gasteiger partial charge is 0.367 e. The van der Waals surface area contributed by atoms with Crippen molar-refractivity contribution in [3.05, 3.63) is 24.0 Å². The first-order valence-electron chi connectivity index (χ1n) is 7.22. The van der Waals surface area contributed by atoms with Crippen molar-refractivity contribution in [3.63, 3.8) is 0 Å². The minimum atomic E-state index is -0.274. The Labute approximate surface area is 134 Å². The van der Waals surface area contributed by atoms with Crippen LogP contribution in [0, 0.1) is 17.3 Å². The molecule has 1 aromatic carbocycles. The molecule has 0 unspecified atom stereocenters. The zero-order valence-corrected chi connectivity index (χ0v) is 13.7. The smallest absolute Gasteiger partial charge is 0.183 e. The highest BCUT2D eigenvalue weighted by Crippen LogP contribution is 2.25. The fraction of sp³-hybridized carbons (Fsp3) is 0.467. The summed E-state index contributed by atoms with van der Waals surface area (Å²) < 4.78 is 14.3. The van der Waals surface area contributed by atoms with Gasteiger partial charge in [0.25, 0.3) is 0 Å². The van der Waals surface area contributed by atoms with E-state index in [-0.39, 0.29) is 5.82 Å². The second-order valence-electron chi connectivity index (χ2n) is 4.91. The van der Waals surface area contributed by atoms with E-state index in [9.17, 15) is 4.39 Å². The lowest BCUT2D eigenvalue weighted by molar-refractivity contribution is 0.270. The molecule has 0 aliphatic carbocycles. The van der Waals surface area contributed by atoms with Gasteiger partial charge in [0.2, 0.25) is 0 Å². The Morgan fingerprint density at radius 1 is 1.41 bits per heavy atom. The molecule has 1 aliphatic rings.